The van der Waals surface area contributed by atoms with E-state index >= 15 is 0 Å². The van der Waals surface area contributed by atoms with Crippen LogP contribution in [0.15, 0.2) is 79.3 Å². The first-order chi connectivity index (χ1) is 17.9. The molecule has 1 fully saturated rings. The normalized spacial score (nSPS) is 19.1. The van der Waals surface area contributed by atoms with E-state index in [-0.39, 0.29) is 36.2 Å². The van der Waals surface area contributed by atoms with Gasteiger partial charge in [0.2, 0.25) is 11.8 Å². The Labute approximate surface area is 216 Å². The summed E-state index contributed by atoms with van der Waals surface area (Å²) in [4.78, 5) is 32.9. The summed E-state index contributed by atoms with van der Waals surface area (Å²) in [5.74, 6) is 0.0223. The Bertz CT molecular complexity index is 1380. The van der Waals surface area contributed by atoms with Gasteiger partial charge < -0.3 is 16.0 Å². The second-order valence-electron chi connectivity index (χ2n) is 9.99. The van der Waals surface area contributed by atoms with Gasteiger partial charge in [-0.2, -0.15) is 5.10 Å². The van der Waals surface area contributed by atoms with E-state index in [0.717, 1.165) is 27.9 Å². The molecule has 5 rings (SSSR count). The molecule has 37 heavy (non-hydrogen) atoms. The fourth-order valence-corrected chi connectivity index (χ4v) is 5.05. The Kier molecular flexibility index (Phi) is 7.01. The Morgan fingerprint density at radius 3 is 2.46 bits per heavy atom. The van der Waals surface area contributed by atoms with E-state index in [4.69, 9.17) is 5.73 Å². The highest BCUT2D eigenvalue weighted by molar-refractivity contribution is 5.89. The number of benzene rings is 2. The second-order valence-corrected chi connectivity index (χ2v) is 9.99. The van der Waals surface area contributed by atoms with Crippen molar-refractivity contribution in [1.29, 1.82) is 0 Å². The first-order valence-electron chi connectivity index (χ1n) is 12.7. The average Bonchev–Trinajstić information content (AvgIpc) is 3.54. The van der Waals surface area contributed by atoms with Gasteiger partial charge in [-0.3, -0.25) is 9.59 Å². The van der Waals surface area contributed by atoms with E-state index < -0.39 is 6.04 Å². The topological polar surface area (TPSA) is 106 Å². The molecule has 8 nitrogen and oxygen atoms in total. The summed E-state index contributed by atoms with van der Waals surface area (Å²) in [7, 11) is 0. The zero-order chi connectivity index (χ0) is 25.9. The lowest BCUT2D eigenvalue weighted by atomic mass is 9.96. The van der Waals surface area contributed by atoms with Gasteiger partial charge in [-0.05, 0) is 47.6 Å². The van der Waals surface area contributed by atoms with Crippen LogP contribution < -0.4 is 11.1 Å². The Balaban J connectivity index is 1.36. The second kappa shape index (κ2) is 10.5. The van der Waals surface area contributed by atoms with E-state index in [1.165, 1.54) is 6.33 Å². The van der Waals surface area contributed by atoms with Gasteiger partial charge in [-0.1, -0.05) is 67.6 Å². The third-order valence-electron chi connectivity index (χ3n) is 7.04. The van der Waals surface area contributed by atoms with Crippen LogP contribution in [0.5, 0.6) is 0 Å². The highest BCUT2D eigenvalue weighted by atomic mass is 16.2. The predicted molar refractivity (Wildman–Crippen MR) is 141 cm³/mol. The van der Waals surface area contributed by atoms with Crippen molar-refractivity contribution in [2.24, 2.45) is 11.7 Å². The lowest BCUT2D eigenvalue weighted by Gasteiger charge is -2.27. The minimum Gasteiger partial charge on any atom is -0.343 e. The third-order valence-corrected chi connectivity index (χ3v) is 7.04. The predicted octanol–water partition coefficient (Wildman–Crippen LogP) is 3.43. The van der Waals surface area contributed by atoms with E-state index in [9.17, 15) is 9.59 Å². The average molecular weight is 497 g/mol. The number of nitrogens with two attached hydrogens (primary N) is 1. The van der Waals surface area contributed by atoms with Gasteiger partial charge in [0.15, 0.2) is 5.65 Å². The molecular formula is C29H32N6O2. The highest BCUT2D eigenvalue weighted by Crippen LogP contribution is 2.28. The molecule has 1 aliphatic rings. The summed E-state index contributed by atoms with van der Waals surface area (Å²) in [6.07, 6.45) is 4.13. The maximum absolute atomic E-state index is 13.7. The lowest BCUT2D eigenvalue weighted by molar-refractivity contribution is -0.138. The molecule has 1 unspecified atom stereocenters. The number of carbonyl (C=O) groups excluding carboxylic acids is 2. The molecule has 0 radical (unpaired) electrons. The van der Waals surface area contributed by atoms with E-state index in [1.54, 1.807) is 9.42 Å². The Hall–Kier alpha value is -4.04. The molecule has 3 heterocycles. The number of nitrogens with zero attached hydrogens (tertiary/aromatic N) is 4. The molecule has 0 bridgehead atoms. The van der Waals surface area contributed by atoms with E-state index in [0.29, 0.717) is 13.0 Å². The quantitative estimate of drug-likeness (QED) is 0.408. The molecule has 0 aliphatic carbocycles. The molecule has 0 spiro atoms. The van der Waals surface area contributed by atoms with Crippen molar-refractivity contribution in [3.8, 4) is 0 Å². The number of fused-ring (bicyclic) bond motifs is 1. The van der Waals surface area contributed by atoms with Crippen LogP contribution in [-0.2, 0) is 16.0 Å². The summed E-state index contributed by atoms with van der Waals surface area (Å²) in [6.45, 7) is 4.58. The minimum absolute atomic E-state index is 0.0661. The van der Waals surface area contributed by atoms with Crippen LogP contribution in [0.3, 0.4) is 0 Å². The van der Waals surface area contributed by atoms with Crippen molar-refractivity contribution < 1.29 is 9.59 Å². The van der Waals surface area contributed by atoms with Crippen molar-refractivity contribution >= 4 is 17.5 Å². The summed E-state index contributed by atoms with van der Waals surface area (Å²) in [6, 6.07) is 20.7. The van der Waals surface area contributed by atoms with Gasteiger partial charge in [0.05, 0.1) is 12.5 Å². The van der Waals surface area contributed by atoms with Crippen molar-refractivity contribution in [2.75, 3.05) is 6.54 Å². The zero-order valence-corrected chi connectivity index (χ0v) is 21.1. The zero-order valence-electron chi connectivity index (χ0n) is 21.1. The molecule has 8 heteroatoms. The highest BCUT2D eigenvalue weighted by Gasteiger charge is 2.38. The van der Waals surface area contributed by atoms with Crippen molar-refractivity contribution in [1.82, 2.24) is 24.8 Å². The third kappa shape index (κ3) is 5.39. The molecule has 4 atom stereocenters. The largest absolute Gasteiger partial charge is 0.343 e. The number of aromatic nitrogens is 3. The molecule has 2 aromatic carbocycles. The maximum atomic E-state index is 13.7. The van der Waals surface area contributed by atoms with E-state index in [1.807, 2.05) is 79.9 Å². The molecule has 0 saturated carbocycles. The number of likely N-dealkylation sites (tertiary alicyclic amines) is 1. The standard InChI is InChI=1S/C29H32N6O2/c1-19-14-25(34(16-19)27(36)15-21-8-13-26-31-18-32-35(26)17-21)29(37)33-28(23-6-4-3-5-7-23)24-11-9-22(10-12-24)20(2)30/h3-13,17-20,25,28H,14-16,30H2,1-2H3,(H,33,37)/t19-,20?,25+,28+/m1/s1. The van der Waals surface area contributed by atoms with E-state index in [2.05, 4.69) is 22.3 Å². The Morgan fingerprint density at radius 1 is 1.03 bits per heavy atom. The number of amides is 2. The molecule has 2 aromatic heterocycles. The molecule has 190 valence electrons. The van der Waals surface area contributed by atoms with Crippen molar-refractivity contribution in [3.05, 3.63) is 102 Å². The number of rotatable bonds is 7. The summed E-state index contributed by atoms with van der Waals surface area (Å²) < 4.78 is 1.65. The van der Waals surface area contributed by atoms with Crippen LogP contribution in [0.4, 0.5) is 0 Å². The molecule has 1 aliphatic heterocycles. The molecular weight excluding hydrogens is 464 g/mol. The van der Waals surface area contributed by atoms with Gasteiger partial charge in [0, 0.05) is 18.8 Å². The fraction of sp³-hybridized carbons (Fsp3) is 0.310. The summed E-state index contributed by atoms with van der Waals surface area (Å²) >= 11 is 0. The number of hydrogen-bond donors (Lipinski definition) is 2. The monoisotopic (exact) mass is 496 g/mol. The van der Waals surface area contributed by atoms with Gasteiger partial charge in [0.25, 0.3) is 0 Å². The van der Waals surface area contributed by atoms with Crippen LogP contribution in [0, 0.1) is 5.92 Å². The summed E-state index contributed by atoms with van der Waals surface area (Å²) in [5, 5.41) is 7.40. The van der Waals surface area contributed by atoms with Gasteiger partial charge in [0.1, 0.15) is 12.4 Å². The van der Waals surface area contributed by atoms with Crippen LogP contribution in [0.1, 0.15) is 54.6 Å². The number of pyridine rings is 1. The first-order valence-corrected chi connectivity index (χ1v) is 12.7. The summed E-state index contributed by atoms with van der Waals surface area (Å²) in [5.41, 5.74) is 10.6. The molecule has 3 N–H and O–H groups in total. The van der Waals surface area contributed by atoms with Gasteiger partial charge >= 0.3 is 0 Å². The number of carbonyl (C=O) groups is 2. The number of hydrogen-bond acceptors (Lipinski definition) is 5. The van der Waals surface area contributed by atoms with Crippen LogP contribution in [0.25, 0.3) is 5.65 Å². The van der Waals surface area contributed by atoms with Crippen molar-refractivity contribution in [3.63, 3.8) is 0 Å². The first kappa shape index (κ1) is 24.6. The lowest BCUT2D eigenvalue weighted by Crippen LogP contribution is -2.47. The SMILES string of the molecule is CC(N)c1ccc([C@@H](NC(=O)[C@@H]2C[C@@H](C)CN2C(=O)Cc2ccc3ncnn3c2)c2ccccc2)cc1. The van der Waals surface area contributed by atoms with Crippen LogP contribution in [0.2, 0.25) is 0 Å². The van der Waals surface area contributed by atoms with Gasteiger partial charge in [-0.15, -0.1) is 0 Å². The smallest absolute Gasteiger partial charge is 0.243 e. The van der Waals surface area contributed by atoms with Gasteiger partial charge in [-0.25, -0.2) is 9.50 Å². The maximum Gasteiger partial charge on any atom is 0.243 e. The minimum atomic E-state index is -0.521. The molecule has 4 aromatic rings. The molecule has 2 amide bonds. The van der Waals surface area contributed by atoms with Crippen LogP contribution in [-0.4, -0.2) is 43.9 Å². The number of nitrogens with one attached hydrogen (secondary N) is 1. The van der Waals surface area contributed by atoms with Crippen LogP contribution >= 0.6 is 0 Å². The molecule has 1 saturated heterocycles. The fourth-order valence-electron chi connectivity index (χ4n) is 5.05. The van der Waals surface area contributed by atoms with Crippen molar-refractivity contribution in [2.45, 2.75) is 44.8 Å². The Morgan fingerprint density at radius 2 is 1.73 bits per heavy atom.